The molecule has 0 aromatic rings. The minimum Gasteiger partial charge on any atom is -0.232 e. The predicted octanol–water partition coefficient (Wildman–Crippen LogP) is 0.415. The maximum atomic E-state index is 11.1. The van der Waals surface area contributed by atoms with E-state index in [9.17, 15) is 17.2 Å². The quantitative estimate of drug-likeness (QED) is 0.581. The Kier molecular flexibility index (Phi) is 3.68. The molecule has 0 aromatic carbocycles. The van der Waals surface area contributed by atoms with Gasteiger partial charge in [0.25, 0.3) is 0 Å². The van der Waals surface area contributed by atoms with Gasteiger partial charge in [-0.25, -0.2) is 17.2 Å². The number of thiol groups is 1. The van der Waals surface area contributed by atoms with Gasteiger partial charge in [0.05, 0.1) is 5.75 Å². The second-order valence-electron chi connectivity index (χ2n) is 1.09. The molecule has 1 radical (unpaired) electrons. The van der Waals surface area contributed by atoms with Crippen LogP contribution in [0.25, 0.3) is 0 Å². The molecule has 0 heterocycles. The molecule has 0 amide bonds. The first-order chi connectivity index (χ1) is 3.63. The molecule has 0 aliphatic carbocycles. The Morgan fingerprint density at radius 3 is 2.12 bits per heavy atom. The van der Waals surface area contributed by atoms with Gasteiger partial charge in [0.2, 0.25) is 6.43 Å². The molecule has 5 heteroatoms. The smallest absolute Gasteiger partial charge is 0.232 e. The molecule has 8 heavy (non-hydrogen) atoms. The van der Waals surface area contributed by atoms with E-state index >= 15 is 0 Å². The first-order valence-corrected chi connectivity index (χ1v) is 3.12. The van der Waals surface area contributed by atoms with Crippen LogP contribution in [0.5, 0.6) is 0 Å². The predicted molar refractivity (Wildman–Crippen MR) is 25.2 cm³/mol. The molecule has 0 N–H and O–H groups in total. The standard InChI is InChI=1S/C3H5F2O2S/c4-3(5)1-2-8(6)7/h2-3,8H,1H2. The van der Waals surface area contributed by atoms with Crippen LogP contribution < -0.4 is 0 Å². The van der Waals surface area contributed by atoms with Crippen LogP contribution in [-0.2, 0) is 10.7 Å². The van der Waals surface area contributed by atoms with E-state index in [1.165, 1.54) is 0 Å². The van der Waals surface area contributed by atoms with Crippen LogP contribution >= 0.6 is 0 Å². The van der Waals surface area contributed by atoms with Crippen molar-refractivity contribution in [3.05, 3.63) is 5.75 Å². The summed E-state index contributed by atoms with van der Waals surface area (Å²) in [6.45, 7) is 0. The third-order valence-electron chi connectivity index (χ3n) is 0.433. The number of alkyl halides is 2. The van der Waals surface area contributed by atoms with Crippen LogP contribution in [0.4, 0.5) is 8.78 Å². The highest BCUT2D eigenvalue weighted by Crippen LogP contribution is 2.00. The second kappa shape index (κ2) is 3.77. The molecule has 0 fully saturated rings. The molecule has 49 valence electrons. The lowest BCUT2D eigenvalue weighted by Gasteiger charge is -1.87. The molecule has 0 saturated carbocycles. The van der Waals surface area contributed by atoms with Gasteiger partial charge >= 0.3 is 0 Å². The Morgan fingerprint density at radius 2 is 2.00 bits per heavy atom. The first-order valence-electron chi connectivity index (χ1n) is 1.88. The lowest BCUT2D eigenvalue weighted by molar-refractivity contribution is 0.150. The Labute approximate surface area is 47.5 Å². The van der Waals surface area contributed by atoms with E-state index in [1.54, 1.807) is 0 Å². The molecule has 0 bridgehead atoms. The van der Waals surface area contributed by atoms with Crippen LogP contribution in [-0.4, -0.2) is 14.8 Å². The van der Waals surface area contributed by atoms with E-state index in [4.69, 9.17) is 0 Å². The van der Waals surface area contributed by atoms with E-state index in [2.05, 4.69) is 0 Å². The van der Waals surface area contributed by atoms with Crippen molar-refractivity contribution >= 4 is 10.7 Å². The van der Waals surface area contributed by atoms with Crippen molar-refractivity contribution < 1.29 is 17.2 Å². The third kappa shape index (κ3) is 5.81. The van der Waals surface area contributed by atoms with Crippen LogP contribution in [0.1, 0.15) is 6.42 Å². The monoisotopic (exact) mass is 143 g/mol. The van der Waals surface area contributed by atoms with Crippen molar-refractivity contribution in [2.75, 3.05) is 0 Å². The molecule has 0 rings (SSSR count). The molecular weight excluding hydrogens is 138 g/mol. The summed E-state index contributed by atoms with van der Waals surface area (Å²) in [4.78, 5) is 0. The summed E-state index contributed by atoms with van der Waals surface area (Å²) in [6.07, 6.45) is -3.22. The molecule has 0 unspecified atom stereocenters. The maximum absolute atomic E-state index is 11.1. The zero-order valence-electron chi connectivity index (χ0n) is 3.88. The normalized spacial score (nSPS) is 11.0. The number of rotatable bonds is 3. The average molecular weight is 143 g/mol. The van der Waals surface area contributed by atoms with E-state index < -0.39 is 23.6 Å². The molecule has 0 spiro atoms. The van der Waals surface area contributed by atoms with E-state index in [-0.39, 0.29) is 0 Å². The highest BCUT2D eigenvalue weighted by Gasteiger charge is 2.01. The molecule has 0 aliphatic rings. The van der Waals surface area contributed by atoms with Crippen LogP contribution in [0.3, 0.4) is 0 Å². The summed E-state index contributed by atoms with van der Waals surface area (Å²) in [5.41, 5.74) is 0. The van der Waals surface area contributed by atoms with Gasteiger partial charge in [-0.3, -0.25) is 0 Å². The highest BCUT2D eigenvalue weighted by molar-refractivity contribution is 7.74. The van der Waals surface area contributed by atoms with Gasteiger partial charge in [0.1, 0.15) is 10.7 Å². The van der Waals surface area contributed by atoms with Crippen molar-refractivity contribution in [1.82, 2.24) is 0 Å². The van der Waals surface area contributed by atoms with Crippen molar-refractivity contribution in [3.8, 4) is 0 Å². The summed E-state index contributed by atoms with van der Waals surface area (Å²) in [5.74, 6) is 0.569. The molecule has 2 nitrogen and oxygen atoms in total. The number of hydrogen-bond donors (Lipinski definition) is 1. The molecule has 0 aromatic heterocycles. The fourth-order valence-electron chi connectivity index (χ4n) is 0.166. The molecule has 0 aliphatic heterocycles. The van der Waals surface area contributed by atoms with Gasteiger partial charge < -0.3 is 0 Å². The Morgan fingerprint density at radius 1 is 1.50 bits per heavy atom. The first kappa shape index (κ1) is 7.81. The van der Waals surface area contributed by atoms with Gasteiger partial charge in [-0.2, -0.15) is 0 Å². The van der Waals surface area contributed by atoms with Gasteiger partial charge in [-0.15, -0.1) is 0 Å². The SMILES string of the molecule is O=[SH](=O)[CH]CC(F)F. The van der Waals surface area contributed by atoms with Crippen LogP contribution in [0.2, 0.25) is 0 Å². The second-order valence-corrected chi connectivity index (χ2v) is 2.03. The van der Waals surface area contributed by atoms with Crippen molar-refractivity contribution in [1.29, 1.82) is 0 Å². The van der Waals surface area contributed by atoms with Gasteiger partial charge in [0.15, 0.2) is 0 Å². The largest absolute Gasteiger partial charge is 0.239 e. The fourth-order valence-corrected chi connectivity index (χ4v) is 0.497. The summed E-state index contributed by atoms with van der Waals surface area (Å²) in [7, 11) is -2.74. The van der Waals surface area contributed by atoms with E-state index in [1.807, 2.05) is 0 Å². The summed E-state index contributed by atoms with van der Waals surface area (Å²) in [6, 6.07) is 0. The van der Waals surface area contributed by atoms with Crippen LogP contribution in [0, 0.1) is 5.75 Å². The molecule has 0 atom stereocenters. The minimum absolute atomic E-state index is 0.569. The fraction of sp³-hybridized carbons (Fsp3) is 0.667. The van der Waals surface area contributed by atoms with Gasteiger partial charge in [-0.05, 0) is 0 Å². The topological polar surface area (TPSA) is 34.1 Å². The van der Waals surface area contributed by atoms with Crippen molar-refractivity contribution in [2.24, 2.45) is 0 Å². The Balaban J connectivity index is 3.18. The van der Waals surface area contributed by atoms with Crippen LogP contribution in [0.15, 0.2) is 0 Å². The zero-order chi connectivity index (χ0) is 6.57. The van der Waals surface area contributed by atoms with Crippen molar-refractivity contribution in [2.45, 2.75) is 12.8 Å². The number of hydrogen-bond acceptors (Lipinski definition) is 2. The molecular formula is C3H5F2O2S. The highest BCUT2D eigenvalue weighted by atomic mass is 32.2. The van der Waals surface area contributed by atoms with Gasteiger partial charge in [-0.1, -0.05) is 0 Å². The van der Waals surface area contributed by atoms with E-state index in [0.29, 0.717) is 5.75 Å². The Hall–Kier alpha value is -0.190. The summed E-state index contributed by atoms with van der Waals surface area (Å²) >= 11 is 0. The third-order valence-corrected chi connectivity index (χ3v) is 0.942. The number of halogens is 2. The summed E-state index contributed by atoms with van der Waals surface area (Å²) < 4.78 is 41.3. The van der Waals surface area contributed by atoms with E-state index in [0.717, 1.165) is 0 Å². The summed E-state index contributed by atoms with van der Waals surface area (Å²) in [5, 5.41) is 0. The Bertz CT molecular complexity index is 112. The lowest BCUT2D eigenvalue weighted by Crippen LogP contribution is -1.90. The lowest BCUT2D eigenvalue weighted by atomic mass is 10.5. The average Bonchev–Trinajstić information content (AvgIpc) is 1.61. The minimum atomic E-state index is -2.74. The van der Waals surface area contributed by atoms with Crippen molar-refractivity contribution in [3.63, 3.8) is 0 Å². The van der Waals surface area contributed by atoms with Gasteiger partial charge in [0, 0.05) is 6.42 Å². The zero-order valence-corrected chi connectivity index (χ0v) is 4.78. The maximum Gasteiger partial charge on any atom is 0.239 e. The molecule has 0 saturated heterocycles.